The first-order valence-electron chi connectivity index (χ1n) is 9.61. The van der Waals surface area contributed by atoms with E-state index in [1.165, 1.54) is 23.1 Å². The van der Waals surface area contributed by atoms with Crippen LogP contribution in [0.1, 0.15) is 18.1 Å². The molecule has 0 aromatic heterocycles. The fraction of sp³-hybridized carbons (Fsp3) is 0.136. The molecular formula is C22H19N3O5S. The van der Waals surface area contributed by atoms with Crippen molar-refractivity contribution < 1.29 is 18.1 Å². The Morgan fingerprint density at radius 2 is 1.52 bits per heavy atom. The Kier molecular flexibility index (Phi) is 5.20. The molecule has 1 aliphatic heterocycles. The number of anilines is 2. The molecule has 158 valence electrons. The van der Waals surface area contributed by atoms with E-state index < -0.39 is 21.0 Å². The molecule has 0 atom stereocenters. The third-order valence-electron chi connectivity index (χ3n) is 5.15. The van der Waals surface area contributed by atoms with Crippen LogP contribution in [0.25, 0.3) is 0 Å². The number of urea groups is 1. The summed E-state index contributed by atoms with van der Waals surface area (Å²) in [5.74, 6) is 0. The van der Waals surface area contributed by atoms with Gasteiger partial charge in [0.05, 0.1) is 22.8 Å². The van der Waals surface area contributed by atoms with Crippen molar-refractivity contribution in [2.24, 2.45) is 0 Å². The summed E-state index contributed by atoms with van der Waals surface area (Å²) in [5.41, 5.74) is 2.12. The number of sulfonamides is 1. The van der Waals surface area contributed by atoms with Gasteiger partial charge < -0.3 is 0 Å². The number of amides is 2. The van der Waals surface area contributed by atoms with Gasteiger partial charge in [-0.05, 0) is 41.8 Å². The lowest BCUT2D eigenvalue weighted by Gasteiger charge is -2.36. The molecule has 0 aliphatic carbocycles. The van der Waals surface area contributed by atoms with E-state index in [-0.39, 0.29) is 28.5 Å². The smallest absolute Gasteiger partial charge is 0.287 e. The van der Waals surface area contributed by atoms with E-state index in [0.29, 0.717) is 5.56 Å². The van der Waals surface area contributed by atoms with Crippen LogP contribution < -0.4 is 9.21 Å². The molecule has 9 heteroatoms. The molecule has 3 aromatic carbocycles. The Labute approximate surface area is 179 Å². The van der Waals surface area contributed by atoms with E-state index in [4.69, 9.17) is 0 Å². The Morgan fingerprint density at radius 1 is 0.903 bits per heavy atom. The molecule has 4 rings (SSSR count). The van der Waals surface area contributed by atoms with Crippen molar-refractivity contribution in [3.63, 3.8) is 0 Å². The van der Waals surface area contributed by atoms with E-state index in [1.54, 1.807) is 54.6 Å². The van der Waals surface area contributed by atoms with Crippen LogP contribution in [0.3, 0.4) is 0 Å². The van der Waals surface area contributed by atoms with Crippen LogP contribution in [0, 0.1) is 10.1 Å². The maximum absolute atomic E-state index is 13.4. The van der Waals surface area contributed by atoms with E-state index >= 15 is 0 Å². The van der Waals surface area contributed by atoms with Crippen molar-refractivity contribution in [2.45, 2.75) is 24.8 Å². The van der Waals surface area contributed by atoms with Gasteiger partial charge in [0.15, 0.2) is 0 Å². The molecule has 0 saturated heterocycles. The predicted octanol–water partition coefficient (Wildman–Crippen LogP) is 4.49. The zero-order chi connectivity index (χ0) is 22.2. The molecule has 8 nitrogen and oxygen atoms in total. The monoisotopic (exact) mass is 437 g/mol. The van der Waals surface area contributed by atoms with E-state index in [9.17, 15) is 23.3 Å². The second-order valence-electron chi connectivity index (χ2n) is 7.05. The van der Waals surface area contributed by atoms with Gasteiger partial charge in [-0.15, -0.1) is 0 Å². The molecule has 1 aliphatic rings. The molecule has 0 bridgehead atoms. The minimum atomic E-state index is -4.10. The van der Waals surface area contributed by atoms with Crippen LogP contribution in [0.2, 0.25) is 0 Å². The minimum Gasteiger partial charge on any atom is -0.287 e. The number of benzene rings is 3. The second-order valence-corrected chi connectivity index (χ2v) is 8.80. The third kappa shape index (κ3) is 3.64. The molecular weight excluding hydrogens is 418 g/mol. The van der Waals surface area contributed by atoms with Gasteiger partial charge in [0.1, 0.15) is 4.90 Å². The summed E-state index contributed by atoms with van der Waals surface area (Å²) in [5, 5.41) is 10.9. The molecule has 0 radical (unpaired) electrons. The number of carbonyl (C=O) groups is 1. The van der Waals surface area contributed by atoms with Crippen molar-refractivity contribution in [1.29, 1.82) is 0 Å². The van der Waals surface area contributed by atoms with Crippen LogP contribution in [-0.4, -0.2) is 19.4 Å². The van der Waals surface area contributed by atoms with Gasteiger partial charge >= 0.3 is 6.03 Å². The predicted molar refractivity (Wildman–Crippen MR) is 117 cm³/mol. The zero-order valence-corrected chi connectivity index (χ0v) is 17.5. The van der Waals surface area contributed by atoms with Gasteiger partial charge in [0.25, 0.3) is 15.7 Å². The summed E-state index contributed by atoms with van der Waals surface area (Å²) in [6.07, 6.45) is 0.788. The Bertz CT molecular complexity index is 1260. The molecule has 0 spiro atoms. The fourth-order valence-electron chi connectivity index (χ4n) is 3.49. The van der Waals surface area contributed by atoms with Crippen molar-refractivity contribution >= 4 is 33.1 Å². The SMILES string of the molecule is CCc1ccc(N2C(=O)N(Cc3ccc([N+](=O)[O-])cc3)c3ccccc3S2(=O)=O)cc1. The first kappa shape index (κ1) is 20.5. The van der Waals surface area contributed by atoms with Crippen molar-refractivity contribution in [1.82, 2.24) is 0 Å². The highest BCUT2D eigenvalue weighted by Crippen LogP contribution is 2.38. The maximum atomic E-state index is 13.4. The summed E-state index contributed by atoms with van der Waals surface area (Å²) < 4.78 is 27.4. The third-order valence-corrected chi connectivity index (χ3v) is 6.89. The molecule has 0 unspecified atom stereocenters. The number of rotatable bonds is 5. The topological polar surface area (TPSA) is 101 Å². The van der Waals surface area contributed by atoms with E-state index in [2.05, 4.69) is 0 Å². The number of nitrogens with zero attached hydrogens (tertiary/aromatic N) is 3. The second kappa shape index (κ2) is 7.84. The summed E-state index contributed by atoms with van der Waals surface area (Å²) >= 11 is 0. The van der Waals surface area contributed by atoms with Crippen molar-refractivity contribution in [2.75, 3.05) is 9.21 Å². The Balaban J connectivity index is 1.79. The average molecular weight is 437 g/mol. The van der Waals surface area contributed by atoms with Crippen LogP contribution in [0.5, 0.6) is 0 Å². The lowest BCUT2D eigenvalue weighted by Crippen LogP contribution is -2.50. The van der Waals surface area contributed by atoms with Crippen molar-refractivity contribution in [3.05, 3.63) is 94.0 Å². The molecule has 0 N–H and O–H groups in total. The first-order chi connectivity index (χ1) is 14.8. The number of nitro groups is 1. The number of para-hydroxylation sites is 1. The highest BCUT2D eigenvalue weighted by Gasteiger charge is 2.42. The van der Waals surface area contributed by atoms with Crippen LogP contribution in [0.15, 0.2) is 77.7 Å². The molecule has 31 heavy (non-hydrogen) atoms. The fourth-order valence-corrected chi connectivity index (χ4v) is 5.08. The molecule has 2 amide bonds. The number of aryl methyl sites for hydroxylation is 1. The van der Waals surface area contributed by atoms with Gasteiger partial charge in [-0.1, -0.05) is 43.3 Å². The molecule has 0 fully saturated rings. The lowest BCUT2D eigenvalue weighted by molar-refractivity contribution is -0.384. The van der Waals surface area contributed by atoms with Gasteiger partial charge in [-0.3, -0.25) is 15.0 Å². The number of non-ortho nitro benzene ring substituents is 1. The highest BCUT2D eigenvalue weighted by molar-refractivity contribution is 7.94. The van der Waals surface area contributed by atoms with Crippen LogP contribution >= 0.6 is 0 Å². The zero-order valence-electron chi connectivity index (χ0n) is 16.6. The molecule has 3 aromatic rings. The number of hydrogen-bond acceptors (Lipinski definition) is 5. The standard InChI is InChI=1S/C22H19N3O5S/c1-2-16-7-11-18(12-8-16)24-22(26)23(15-17-9-13-19(14-10-17)25(27)28)20-5-3-4-6-21(20)31(24,29)30/h3-14H,2,15H2,1H3. The highest BCUT2D eigenvalue weighted by atomic mass is 32.2. The number of nitro benzene ring substituents is 1. The normalized spacial score (nSPS) is 14.9. The summed E-state index contributed by atoms with van der Waals surface area (Å²) in [6.45, 7) is 2.05. The van der Waals surface area contributed by atoms with Gasteiger partial charge in [0, 0.05) is 12.1 Å². The van der Waals surface area contributed by atoms with Gasteiger partial charge in [-0.25, -0.2) is 13.2 Å². The van der Waals surface area contributed by atoms with Crippen LogP contribution in [-0.2, 0) is 23.0 Å². The van der Waals surface area contributed by atoms with Crippen LogP contribution in [0.4, 0.5) is 21.9 Å². The number of fused-ring (bicyclic) bond motifs is 1. The lowest BCUT2D eigenvalue weighted by atomic mass is 10.1. The van der Waals surface area contributed by atoms with Crippen molar-refractivity contribution in [3.8, 4) is 0 Å². The maximum Gasteiger partial charge on any atom is 0.343 e. The summed E-state index contributed by atoms with van der Waals surface area (Å²) in [7, 11) is -4.10. The summed E-state index contributed by atoms with van der Waals surface area (Å²) in [6, 6.07) is 18.2. The quantitative estimate of drug-likeness (QED) is 0.432. The van der Waals surface area contributed by atoms with E-state index in [0.717, 1.165) is 16.3 Å². The average Bonchev–Trinajstić information content (AvgIpc) is 2.77. The largest absolute Gasteiger partial charge is 0.343 e. The summed E-state index contributed by atoms with van der Waals surface area (Å²) in [4.78, 5) is 25.2. The number of hydrogen-bond donors (Lipinski definition) is 0. The van der Waals surface area contributed by atoms with Gasteiger partial charge in [-0.2, -0.15) is 4.31 Å². The minimum absolute atomic E-state index is 0.0241. The van der Waals surface area contributed by atoms with Gasteiger partial charge in [0.2, 0.25) is 0 Å². The van der Waals surface area contributed by atoms with E-state index in [1.807, 2.05) is 6.92 Å². The first-order valence-corrected chi connectivity index (χ1v) is 11.0. The number of carbonyl (C=O) groups excluding carboxylic acids is 1. The molecule has 0 saturated carbocycles. The Hall–Kier alpha value is -3.72. The Morgan fingerprint density at radius 3 is 2.13 bits per heavy atom. The molecule has 1 heterocycles.